The first kappa shape index (κ1) is 37.2. The molecule has 3 aliphatic rings. The monoisotopic (exact) mass is 822 g/mol. The number of hydrogen-bond acceptors (Lipinski definition) is 3. The Balaban J connectivity index is 0.920. The highest BCUT2D eigenvalue weighted by molar-refractivity contribution is 6.10. The number of para-hydroxylation sites is 1. The number of furan rings is 1. The van der Waals surface area contributed by atoms with Gasteiger partial charge in [-0.1, -0.05) is 173 Å². The zero-order valence-electron chi connectivity index (χ0n) is 36.2. The van der Waals surface area contributed by atoms with Gasteiger partial charge in [0.25, 0.3) is 0 Å². The third-order valence-corrected chi connectivity index (χ3v) is 14.9. The summed E-state index contributed by atoms with van der Waals surface area (Å²) in [5.74, 6) is 0.682. The Labute approximate surface area is 374 Å². The van der Waals surface area contributed by atoms with E-state index >= 15 is 0 Å². The third kappa shape index (κ3) is 5.59. The van der Waals surface area contributed by atoms with Gasteiger partial charge < -0.3 is 4.42 Å². The van der Waals surface area contributed by atoms with Crippen LogP contribution in [0.25, 0.3) is 100 Å². The number of aromatic nitrogens is 2. The minimum absolute atomic E-state index is 0.0438. The van der Waals surface area contributed by atoms with Crippen LogP contribution in [0.3, 0.4) is 0 Å². The lowest BCUT2D eigenvalue weighted by atomic mass is 9.67. The van der Waals surface area contributed by atoms with E-state index in [1.165, 1.54) is 93.3 Å². The van der Waals surface area contributed by atoms with Gasteiger partial charge in [0.2, 0.25) is 0 Å². The molecule has 0 N–H and O–H groups in total. The van der Waals surface area contributed by atoms with Crippen LogP contribution in [-0.4, -0.2) is 9.97 Å². The van der Waals surface area contributed by atoms with E-state index in [0.717, 1.165) is 50.0 Å². The van der Waals surface area contributed by atoms with Crippen molar-refractivity contribution in [1.29, 1.82) is 0 Å². The van der Waals surface area contributed by atoms with Crippen LogP contribution in [-0.2, 0) is 10.8 Å². The molecule has 13 rings (SSSR count). The molecule has 0 unspecified atom stereocenters. The fraction of sp³-hybridized carbons (Fsp3) is 0.148. The summed E-state index contributed by atoms with van der Waals surface area (Å²) < 4.78 is 6.81. The van der Waals surface area contributed by atoms with E-state index in [4.69, 9.17) is 14.4 Å². The molecule has 64 heavy (non-hydrogen) atoms. The summed E-state index contributed by atoms with van der Waals surface area (Å²) in [4.78, 5) is 10.3. The summed E-state index contributed by atoms with van der Waals surface area (Å²) in [5, 5.41) is 2.18. The van der Waals surface area contributed by atoms with Gasteiger partial charge in [0.1, 0.15) is 11.2 Å². The predicted octanol–water partition coefficient (Wildman–Crippen LogP) is 16.2. The molecule has 2 aromatic heterocycles. The Morgan fingerprint density at radius 3 is 1.81 bits per heavy atom. The molecule has 0 radical (unpaired) electrons. The largest absolute Gasteiger partial charge is 0.455 e. The van der Waals surface area contributed by atoms with Gasteiger partial charge in [-0.2, -0.15) is 0 Å². The second-order valence-electron chi connectivity index (χ2n) is 18.8. The molecule has 3 nitrogen and oxygen atoms in total. The lowest BCUT2D eigenvalue weighted by molar-refractivity contribution is 0.353. The molecular weight excluding hydrogens is 777 g/mol. The van der Waals surface area contributed by atoms with Crippen LogP contribution in [0.1, 0.15) is 68.2 Å². The predicted molar refractivity (Wildman–Crippen MR) is 263 cm³/mol. The number of fused-ring (bicyclic) bond motifs is 11. The molecule has 0 aliphatic heterocycles. The Hall–Kier alpha value is -7.36. The van der Waals surface area contributed by atoms with E-state index in [1.54, 1.807) is 5.56 Å². The Kier molecular flexibility index (Phi) is 8.18. The Morgan fingerprint density at radius 1 is 0.391 bits per heavy atom. The average molecular weight is 823 g/mol. The minimum atomic E-state index is -0.0438. The fourth-order valence-corrected chi connectivity index (χ4v) is 11.7. The number of nitrogens with zero attached hydrogens (tertiary/aromatic N) is 2. The number of hydrogen-bond donors (Lipinski definition) is 0. The first-order valence-corrected chi connectivity index (χ1v) is 22.9. The van der Waals surface area contributed by atoms with Crippen molar-refractivity contribution in [3.8, 4) is 78.4 Å². The standard InChI is InChI=1S/C61H46N2O/c1-60(2)51-22-11-10-19-44(51)48-36-54-49(35-53(48)60)47-33-42(27-29-52(47)61(54)31-12-5-13-32-61)43-28-30-57-50(34-43)45-20-14-21-46(58(45)64-57)56-37-55(62-59(63-56)41-17-8-4-9-18-41)40-25-23-39(24-26-40)38-15-6-3-7-16-38/h3-4,6-11,14-30,33-37H,5,12-13,31-32H2,1-2H3. The van der Waals surface area contributed by atoms with E-state index in [1.807, 2.05) is 18.2 Å². The van der Waals surface area contributed by atoms with Crippen LogP contribution in [0.2, 0.25) is 0 Å². The molecule has 3 aliphatic carbocycles. The first-order valence-electron chi connectivity index (χ1n) is 22.9. The van der Waals surface area contributed by atoms with Crippen molar-refractivity contribution in [3.63, 3.8) is 0 Å². The van der Waals surface area contributed by atoms with Crippen molar-refractivity contribution in [1.82, 2.24) is 9.97 Å². The van der Waals surface area contributed by atoms with Crippen molar-refractivity contribution in [3.05, 3.63) is 204 Å². The first-order chi connectivity index (χ1) is 31.4. The molecule has 306 valence electrons. The zero-order valence-corrected chi connectivity index (χ0v) is 36.2. The normalized spacial score (nSPS) is 15.3. The summed E-state index contributed by atoms with van der Waals surface area (Å²) in [6, 6.07) is 66.3. The Morgan fingerprint density at radius 2 is 1.00 bits per heavy atom. The average Bonchev–Trinajstić information content (AvgIpc) is 3.94. The molecule has 2 heterocycles. The summed E-state index contributed by atoms with van der Waals surface area (Å²) in [6.45, 7) is 4.80. The molecule has 0 atom stereocenters. The van der Waals surface area contributed by atoms with Crippen LogP contribution in [0.5, 0.6) is 0 Å². The molecule has 3 heteroatoms. The van der Waals surface area contributed by atoms with Crippen LogP contribution in [0, 0.1) is 0 Å². The molecule has 1 saturated carbocycles. The molecular formula is C61H46N2O. The van der Waals surface area contributed by atoms with Gasteiger partial charge >= 0.3 is 0 Å². The van der Waals surface area contributed by atoms with E-state index < -0.39 is 0 Å². The maximum atomic E-state index is 6.81. The highest BCUT2D eigenvalue weighted by Gasteiger charge is 2.46. The van der Waals surface area contributed by atoms with Gasteiger partial charge in [0.15, 0.2) is 5.82 Å². The summed E-state index contributed by atoms with van der Waals surface area (Å²) >= 11 is 0. The molecule has 8 aromatic carbocycles. The van der Waals surface area contributed by atoms with Gasteiger partial charge in [-0.05, 0) is 122 Å². The lowest BCUT2D eigenvalue weighted by Gasteiger charge is -2.36. The number of benzene rings is 8. The van der Waals surface area contributed by atoms with Gasteiger partial charge in [0, 0.05) is 38.3 Å². The lowest BCUT2D eigenvalue weighted by Crippen LogP contribution is -2.28. The maximum Gasteiger partial charge on any atom is 0.160 e. The second-order valence-corrected chi connectivity index (χ2v) is 18.8. The smallest absolute Gasteiger partial charge is 0.160 e. The highest BCUT2D eigenvalue weighted by Crippen LogP contribution is 2.60. The molecule has 1 fully saturated rings. The maximum absolute atomic E-state index is 6.81. The van der Waals surface area contributed by atoms with Gasteiger partial charge in [-0.25, -0.2) is 9.97 Å². The second kappa shape index (κ2) is 14.1. The van der Waals surface area contributed by atoms with Crippen molar-refractivity contribution < 1.29 is 4.42 Å². The topological polar surface area (TPSA) is 38.9 Å². The fourth-order valence-electron chi connectivity index (χ4n) is 11.7. The molecule has 10 aromatic rings. The molecule has 1 spiro atoms. The van der Waals surface area contributed by atoms with E-state index in [-0.39, 0.29) is 10.8 Å². The highest BCUT2D eigenvalue weighted by atomic mass is 16.3. The third-order valence-electron chi connectivity index (χ3n) is 14.9. The zero-order chi connectivity index (χ0) is 42.6. The van der Waals surface area contributed by atoms with Crippen LogP contribution in [0.15, 0.2) is 186 Å². The minimum Gasteiger partial charge on any atom is -0.455 e. The van der Waals surface area contributed by atoms with Crippen LogP contribution in [0.4, 0.5) is 0 Å². The van der Waals surface area contributed by atoms with Gasteiger partial charge in [0.05, 0.1) is 11.4 Å². The molecule has 0 bridgehead atoms. The van der Waals surface area contributed by atoms with Crippen molar-refractivity contribution in [2.45, 2.75) is 56.8 Å². The molecule has 0 saturated heterocycles. The van der Waals surface area contributed by atoms with Crippen LogP contribution >= 0.6 is 0 Å². The Bertz CT molecular complexity index is 3480. The summed E-state index contributed by atoms with van der Waals surface area (Å²) in [7, 11) is 0. The van der Waals surface area contributed by atoms with E-state index in [9.17, 15) is 0 Å². The van der Waals surface area contributed by atoms with Gasteiger partial charge in [-0.3, -0.25) is 0 Å². The molecule has 0 amide bonds. The van der Waals surface area contributed by atoms with Crippen LogP contribution < -0.4 is 0 Å². The van der Waals surface area contributed by atoms with Crippen molar-refractivity contribution in [2.75, 3.05) is 0 Å². The van der Waals surface area contributed by atoms with Gasteiger partial charge in [-0.15, -0.1) is 0 Å². The van der Waals surface area contributed by atoms with E-state index in [2.05, 4.69) is 178 Å². The SMILES string of the molecule is CC1(C)c2ccccc2-c2cc3c(cc21)-c1cc(-c2ccc4oc5c(-c6cc(-c7ccc(-c8ccccc8)cc7)nc(-c7ccccc7)n6)cccc5c4c2)ccc1C31CCCCC1. The summed E-state index contributed by atoms with van der Waals surface area (Å²) in [5.41, 5.74) is 22.8. The van der Waals surface area contributed by atoms with Crippen molar-refractivity contribution >= 4 is 21.9 Å². The van der Waals surface area contributed by atoms with E-state index in [0.29, 0.717) is 5.82 Å². The van der Waals surface area contributed by atoms with Crippen molar-refractivity contribution in [2.24, 2.45) is 0 Å². The number of rotatable bonds is 5. The quantitative estimate of drug-likeness (QED) is 0.174. The summed E-state index contributed by atoms with van der Waals surface area (Å²) in [6.07, 6.45) is 6.30.